The Balaban J connectivity index is 2.53. The summed E-state index contributed by atoms with van der Waals surface area (Å²) in [5, 5.41) is -0.224. The van der Waals surface area contributed by atoms with E-state index in [0.29, 0.717) is 22.6 Å². The molecule has 1 aromatic carbocycles. The van der Waals surface area contributed by atoms with Crippen molar-refractivity contribution < 1.29 is 9.13 Å². The SMILES string of the molecule is COCC(C)Cn1c(C(C)Cl)nc2cc(I)c(F)cc21. The van der Waals surface area contributed by atoms with E-state index in [1.807, 2.05) is 34.1 Å². The molecule has 0 aliphatic carbocycles. The van der Waals surface area contributed by atoms with E-state index in [1.165, 1.54) is 6.07 Å². The lowest BCUT2D eigenvalue weighted by atomic mass is 10.2. The van der Waals surface area contributed by atoms with Gasteiger partial charge in [0.15, 0.2) is 0 Å². The van der Waals surface area contributed by atoms with Crippen LogP contribution in [-0.2, 0) is 11.3 Å². The lowest BCUT2D eigenvalue weighted by Crippen LogP contribution is -2.15. The van der Waals surface area contributed by atoms with Crippen LogP contribution in [0.4, 0.5) is 4.39 Å². The maximum Gasteiger partial charge on any atom is 0.138 e. The van der Waals surface area contributed by atoms with Gasteiger partial charge in [0, 0.05) is 19.7 Å². The molecule has 2 atom stereocenters. The molecule has 3 nitrogen and oxygen atoms in total. The van der Waals surface area contributed by atoms with Crippen molar-refractivity contribution in [2.75, 3.05) is 13.7 Å². The molecule has 2 unspecified atom stereocenters. The van der Waals surface area contributed by atoms with E-state index in [9.17, 15) is 4.39 Å². The van der Waals surface area contributed by atoms with Gasteiger partial charge in [-0.3, -0.25) is 0 Å². The Bertz CT molecular complexity index is 615. The standard InChI is InChI=1S/C14H17ClFIN2O/c1-8(7-20-3)6-19-13-4-10(16)11(17)5-12(13)18-14(19)9(2)15/h4-5,8-9H,6-7H2,1-3H3. The Labute approximate surface area is 136 Å². The zero-order valence-corrected chi connectivity index (χ0v) is 14.6. The lowest BCUT2D eigenvalue weighted by Gasteiger charge is -2.15. The molecule has 110 valence electrons. The van der Waals surface area contributed by atoms with Crippen LogP contribution in [0.1, 0.15) is 25.0 Å². The summed E-state index contributed by atoms with van der Waals surface area (Å²) in [6.07, 6.45) is 0. The molecule has 6 heteroatoms. The normalized spacial score (nSPS) is 14.7. The Morgan fingerprint density at radius 2 is 2.15 bits per heavy atom. The third kappa shape index (κ3) is 3.26. The summed E-state index contributed by atoms with van der Waals surface area (Å²) < 4.78 is 21.5. The summed E-state index contributed by atoms with van der Waals surface area (Å²) in [4.78, 5) is 4.55. The number of alkyl halides is 1. The van der Waals surface area contributed by atoms with Crippen molar-refractivity contribution in [2.24, 2.45) is 5.92 Å². The number of fused-ring (bicyclic) bond motifs is 1. The number of nitrogens with zero attached hydrogens (tertiary/aromatic N) is 2. The Morgan fingerprint density at radius 1 is 1.45 bits per heavy atom. The van der Waals surface area contributed by atoms with E-state index in [0.717, 1.165) is 16.9 Å². The first kappa shape index (κ1) is 16.0. The molecule has 0 bridgehead atoms. The number of methoxy groups -OCH3 is 1. The highest BCUT2D eigenvalue weighted by molar-refractivity contribution is 14.1. The molecular formula is C14H17ClFIN2O. The van der Waals surface area contributed by atoms with Crippen LogP contribution < -0.4 is 0 Å². The molecule has 20 heavy (non-hydrogen) atoms. The molecule has 1 heterocycles. The molecule has 0 radical (unpaired) electrons. The van der Waals surface area contributed by atoms with Crippen LogP contribution >= 0.6 is 34.2 Å². The number of halogens is 3. The molecule has 2 aromatic rings. The average molecular weight is 411 g/mol. The maximum absolute atomic E-state index is 13.8. The monoisotopic (exact) mass is 410 g/mol. The van der Waals surface area contributed by atoms with Gasteiger partial charge in [-0.2, -0.15) is 0 Å². The minimum atomic E-state index is -0.229. The van der Waals surface area contributed by atoms with E-state index in [4.69, 9.17) is 16.3 Å². The fourth-order valence-corrected chi connectivity index (χ4v) is 2.90. The van der Waals surface area contributed by atoms with E-state index in [-0.39, 0.29) is 11.2 Å². The first-order chi connectivity index (χ1) is 9.43. The van der Waals surface area contributed by atoms with Crippen molar-refractivity contribution >= 4 is 45.2 Å². The number of hydrogen-bond donors (Lipinski definition) is 0. The Hall–Kier alpha value is -0.400. The van der Waals surface area contributed by atoms with Crippen molar-refractivity contribution in [1.82, 2.24) is 9.55 Å². The van der Waals surface area contributed by atoms with Gasteiger partial charge in [-0.05, 0) is 41.5 Å². The van der Waals surface area contributed by atoms with Gasteiger partial charge < -0.3 is 9.30 Å². The zero-order valence-electron chi connectivity index (χ0n) is 11.7. The third-order valence-electron chi connectivity index (χ3n) is 3.12. The van der Waals surface area contributed by atoms with Crippen molar-refractivity contribution in [3.8, 4) is 0 Å². The van der Waals surface area contributed by atoms with Crippen LogP contribution in [0.3, 0.4) is 0 Å². The summed E-state index contributed by atoms with van der Waals surface area (Å²) in [5.74, 6) is 0.840. The van der Waals surface area contributed by atoms with Crippen molar-refractivity contribution in [2.45, 2.75) is 25.8 Å². The number of aromatic nitrogens is 2. The summed E-state index contributed by atoms with van der Waals surface area (Å²) in [6, 6.07) is 3.29. The van der Waals surface area contributed by atoms with Gasteiger partial charge in [-0.1, -0.05) is 6.92 Å². The zero-order chi connectivity index (χ0) is 14.9. The predicted molar refractivity (Wildman–Crippen MR) is 87.7 cm³/mol. The molecule has 0 N–H and O–H groups in total. The van der Waals surface area contributed by atoms with E-state index in [2.05, 4.69) is 11.9 Å². The summed E-state index contributed by atoms with van der Waals surface area (Å²) >= 11 is 8.18. The lowest BCUT2D eigenvalue weighted by molar-refractivity contribution is 0.151. The Kier molecular flexibility index (Phi) is 5.25. The molecule has 0 spiro atoms. The van der Waals surface area contributed by atoms with Gasteiger partial charge in [-0.15, -0.1) is 11.6 Å². The van der Waals surface area contributed by atoms with E-state index in [1.54, 1.807) is 13.2 Å². The van der Waals surface area contributed by atoms with Crippen molar-refractivity contribution in [3.63, 3.8) is 0 Å². The molecule has 0 fully saturated rings. The third-order valence-corrected chi connectivity index (χ3v) is 4.14. The van der Waals surface area contributed by atoms with E-state index < -0.39 is 0 Å². The number of ether oxygens (including phenoxy) is 1. The Morgan fingerprint density at radius 3 is 2.75 bits per heavy atom. The van der Waals surface area contributed by atoms with Crippen LogP contribution in [0.5, 0.6) is 0 Å². The van der Waals surface area contributed by atoms with E-state index >= 15 is 0 Å². The topological polar surface area (TPSA) is 27.1 Å². The summed E-state index contributed by atoms with van der Waals surface area (Å²) in [5.41, 5.74) is 1.57. The highest BCUT2D eigenvalue weighted by Gasteiger charge is 2.18. The first-order valence-electron chi connectivity index (χ1n) is 6.42. The quantitative estimate of drug-likeness (QED) is 0.541. The maximum atomic E-state index is 13.8. The van der Waals surface area contributed by atoms with Crippen LogP contribution in [0.25, 0.3) is 11.0 Å². The fraction of sp³-hybridized carbons (Fsp3) is 0.500. The van der Waals surface area contributed by atoms with Crippen LogP contribution in [0.2, 0.25) is 0 Å². The number of hydrogen-bond acceptors (Lipinski definition) is 2. The molecule has 0 aliphatic heterocycles. The fourth-order valence-electron chi connectivity index (χ4n) is 2.28. The molecule has 1 aromatic heterocycles. The molecule has 0 saturated heterocycles. The molecule has 2 rings (SSSR count). The van der Waals surface area contributed by atoms with Gasteiger partial charge >= 0.3 is 0 Å². The molecule has 0 saturated carbocycles. The second-order valence-electron chi connectivity index (χ2n) is 5.01. The molecule has 0 amide bonds. The summed E-state index contributed by atoms with van der Waals surface area (Å²) in [7, 11) is 1.68. The predicted octanol–water partition coefficient (Wildman–Crippen LogP) is 4.36. The van der Waals surface area contributed by atoms with Gasteiger partial charge in [-0.25, -0.2) is 9.37 Å². The minimum Gasteiger partial charge on any atom is -0.384 e. The van der Waals surface area contributed by atoms with Crippen LogP contribution in [0.15, 0.2) is 12.1 Å². The second-order valence-corrected chi connectivity index (χ2v) is 6.83. The van der Waals surface area contributed by atoms with Gasteiger partial charge in [0.2, 0.25) is 0 Å². The minimum absolute atomic E-state index is 0.224. The van der Waals surface area contributed by atoms with Gasteiger partial charge in [0.25, 0.3) is 0 Å². The first-order valence-corrected chi connectivity index (χ1v) is 7.93. The average Bonchev–Trinajstić information content (AvgIpc) is 2.69. The van der Waals surface area contributed by atoms with Crippen LogP contribution in [-0.4, -0.2) is 23.3 Å². The van der Waals surface area contributed by atoms with Gasteiger partial charge in [0.05, 0.1) is 26.6 Å². The summed E-state index contributed by atoms with van der Waals surface area (Å²) in [6.45, 7) is 5.31. The van der Waals surface area contributed by atoms with Crippen molar-refractivity contribution in [3.05, 3.63) is 27.3 Å². The molecule has 0 aliphatic rings. The highest BCUT2D eigenvalue weighted by Crippen LogP contribution is 2.28. The smallest absolute Gasteiger partial charge is 0.138 e. The van der Waals surface area contributed by atoms with Crippen molar-refractivity contribution in [1.29, 1.82) is 0 Å². The largest absolute Gasteiger partial charge is 0.384 e. The molecular weight excluding hydrogens is 394 g/mol. The number of imidazole rings is 1. The highest BCUT2D eigenvalue weighted by atomic mass is 127. The second kappa shape index (κ2) is 6.58. The van der Waals surface area contributed by atoms with Gasteiger partial charge in [0.1, 0.15) is 11.6 Å². The number of benzene rings is 1. The van der Waals surface area contributed by atoms with Crippen LogP contribution in [0, 0.1) is 15.3 Å². The number of rotatable bonds is 5.